The lowest BCUT2D eigenvalue weighted by molar-refractivity contribution is 0.0630. The number of halogens is 2. The predicted molar refractivity (Wildman–Crippen MR) is 136 cm³/mol. The number of hydrogen-bond acceptors (Lipinski definition) is 4. The molecule has 0 saturated carbocycles. The number of rotatable bonds is 3. The summed E-state index contributed by atoms with van der Waals surface area (Å²) in [4.78, 5) is 27.8. The zero-order valence-electron chi connectivity index (χ0n) is 20.3. The van der Waals surface area contributed by atoms with E-state index in [9.17, 15) is 23.5 Å². The molecule has 8 heteroatoms. The maximum atomic E-state index is 14.8. The van der Waals surface area contributed by atoms with Crippen molar-refractivity contribution in [1.29, 1.82) is 0 Å². The average Bonchev–Trinajstić information content (AvgIpc) is 3.39. The molecule has 38 heavy (non-hydrogen) atoms. The number of benzene rings is 3. The third-order valence-corrected chi connectivity index (χ3v) is 8.24. The molecule has 0 saturated heterocycles. The Balaban J connectivity index is 1.50. The molecule has 3 aliphatic rings. The van der Waals surface area contributed by atoms with Crippen molar-refractivity contribution in [1.82, 2.24) is 9.58 Å². The molecular formula is C30H23F2N3O3. The molecule has 0 spiro atoms. The van der Waals surface area contributed by atoms with Gasteiger partial charge < -0.3 is 10.0 Å². The van der Waals surface area contributed by atoms with E-state index in [1.54, 1.807) is 4.90 Å². The van der Waals surface area contributed by atoms with Crippen molar-refractivity contribution in [2.45, 2.75) is 24.9 Å². The summed E-state index contributed by atoms with van der Waals surface area (Å²) >= 11 is 0. The van der Waals surface area contributed by atoms with Gasteiger partial charge in [0.1, 0.15) is 12.2 Å². The number of amides is 1. The van der Waals surface area contributed by atoms with E-state index < -0.39 is 34.3 Å². The molecule has 1 N–H and O–H groups in total. The highest BCUT2D eigenvalue weighted by Gasteiger charge is 2.59. The van der Waals surface area contributed by atoms with Gasteiger partial charge in [0.25, 0.3) is 5.91 Å². The van der Waals surface area contributed by atoms with Crippen molar-refractivity contribution in [3.05, 3.63) is 134 Å². The molecule has 2 heterocycles. The Labute approximate surface area is 217 Å². The summed E-state index contributed by atoms with van der Waals surface area (Å²) in [5.74, 6) is -3.04. The van der Waals surface area contributed by atoms with Crippen LogP contribution in [0.1, 0.15) is 38.3 Å². The first-order chi connectivity index (χ1) is 18.4. The highest BCUT2D eigenvalue weighted by Crippen LogP contribution is 2.57. The molecule has 7 rings (SSSR count). The summed E-state index contributed by atoms with van der Waals surface area (Å²) in [6.07, 6.45) is 2.68. The second-order valence-electron chi connectivity index (χ2n) is 10.2. The third-order valence-electron chi connectivity index (χ3n) is 8.24. The van der Waals surface area contributed by atoms with Gasteiger partial charge >= 0.3 is 0 Å². The molecule has 3 aromatic carbocycles. The van der Waals surface area contributed by atoms with E-state index in [1.807, 2.05) is 59.6 Å². The zero-order chi connectivity index (χ0) is 26.2. The number of aromatic hydroxyl groups is 1. The van der Waals surface area contributed by atoms with Crippen LogP contribution in [0.3, 0.4) is 0 Å². The summed E-state index contributed by atoms with van der Waals surface area (Å²) in [6, 6.07) is 21.1. The second-order valence-corrected chi connectivity index (χ2v) is 10.2. The van der Waals surface area contributed by atoms with Gasteiger partial charge in [-0.05, 0) is 52.8 Å². The van der Waals surface area contributed by atoms with Crippen LogP contribution in [-0.2, 0) is 24.9 Å². The molecule has 0 radical (unpaired) electrons. The van der Waals surface area contributed by atoms with E-state index in [0.29, 0.717) is 24.0 Å². The van der Waals surface area contributed by atoms with Gasteiger partial charge in [0.05, 0.1) is 0 Å². The van der Waals surface area contributed by atoms with Crippen LogP contribution in [0.25, 0.3) is 0 Å². The normalized spacial score (nSPS) is 21.2. The van der Waals surface area contributed by atoms with Gasteiger partial charge in [-0.1, -0.05) is 54.6 Å². The maximum Gasteiger partial charge on any atom is 0.278 e. The fourth-order valence-electron chi connectivity index (χ4n) is 6.72. The predicted octanol–water partition coefficient (Wildman–Crippen LogP) is 4.06. The SMILES string of the molecule is O=C1c2c(O)c(=O)ccn2N(C23c4ccccc4CC2Cc2cc(F)c(F)cc23)CN1Cc1ccccc1. The van der Waals surface area contributed by atoms with Crippen LogP contribution >= 0.6 is 0 Å². The van der Waals surface area contributed by atoms with E-state index in [0.717, 1.165) is 16.7 Å². The van der Waals surface area contributed by atoms with Crippen molar-refractivity contribution >= 4 is 5.91 Å². The smallest absolute Gasteiger partial charge is 0.278 e. The van der Waals surface area contributed by atoms with Crippen LogP contribution in [0.15, 0.2) is 83.8 Å². The van der Waals surface area contributed by atoms with E-state index >= 15 is 0 Å². The average molecular weight is 512 g/mol. The summed E-state index contributed by atoms with van der Waals surface area (Å²) in [6.45, 7) is 0.345. The van der Waals surface area contributed by atoms with Crippen LogP contribution in [0, 0.1) is 17.6 Å². The van der Waals surface area contributed by atoms with Gasteiger partial charge in [-0.25, -0.2) is 8.78 Å². The first-order valence-corrected chi connectivity index (χ1v) is 12.5. The molecule has 1 amide bonds. The van der Waals surface area contributed by atoms with Crippen LogP contribution < -0.4 is 10.4 Å². The first kappa shape index (κ1) is 22.7. The number of carbonyl (C=O) groups excluding carboxylic acids is 1. The van der Waals surface area contributed by atoms with Gasteiger partial charge in [-0.2, -0.15) is 0 Å². The first-order valence-electron chi connectivity index (χ1n) is 12.5. The molecule has 2 aliphatic carbocycles. The highest BCUT2D eigenvalue weighted by molar-refractivity contribution is 5.96. The van der Waals surface area contributed by atoms with Crippen molar-refractivity contribution in [3.8, 4) is 5.75 Å². The summed E-state index contributed by atoms with van der Waals surface area (Å²) in [5, 5.41) is 12.8. The lowest BCUT2D eigenvalue weighted by atomic mass is 9.81. The number of pyridine rings is 1. The lowest BCUT2D eigenvalue weighted by Crippen LogP contribution is -2.63. The molecule has 0 bridgehead atoms. The highest BCUT2D eigenvalue weighted by atomic mass is 19.2. The van der Waals surface area contributed by atoms with Crippen molar-refractivity contribution in [2.24, 2.45) is 5.92 Å². The quantitative estimate of drug-likeness (QED) is 0.451. The molecule has 4 aromatic rings. The van der Waals surface area contributed by atoms with Gasteiger partial charge in [0.2, 0.25) is 5.43 Å². The molecular weight excluding hydrogens is 488 g/mol. The Morgan fingerprint density at radius 2 is 1.58 bits per heavy atom. The third kappa shape index (κ3) is 2.97. The van der Waals surface area contributed by atoms with Gasteiger partial charge in [0.15, 0.2) is 23.1 Å². The maximum absolute atomic E-state index is 14.8. The van der Waals surface area contributed by atoms with Gasteiger partial charge in [0, 0.05) is 24.7 Å². The molecule has 1 aliphatic heterocycles. The molecule has 0 fully saturated rings. The van der Waals surface area contributed by atoms with Crippen LogP contribution in [0.5, 0.6) is 5.75 Å². The summed E-state index contributed by atoms with van der Waals surface area (Å²) in [5.41, 5.74) is 2.49. The number of hydrogen-bond donors (Lipinski definition) is 1. The summed E-state index contributed by atoms with van der Waals surface area (Å²) in [7, 11) is 0. The molecule has 2 unspecified atom stereocenters. The van der Waals surface area contributed by atoms with Crippen LogP contribution in [-0.4, -0.2) is 27.3 Å². The van der Waals surface area contributed by atoms with Crippen molar-refractivity contribution in [3.63, 3.8) is 0 Å². The van der Waals surface area contributed by atoms with Crippen LogP contribution in [0.4, 0.5) is 8.78 Å². The number of aromatic nitrogens is 1. The Hall–Kier alpha value is -4.46. The monoisotopic (exact) mass is 511 g/mol. The van der Waals surface area contributed by atoms with Crippen molar-refractivity contribution < 1.29 is 18.7 Å². The Kier molecular flexibility index (Phi) is 4.79. The second kappa shape index (κ2) is 8.02. The molecule has 190 valence electrons. The van der Waals surface area contributed by atoms with E-state index in [-0.39, 0.29) is 24.8 Å². The zero-order valence-corrected chi connectivity index (χ0v) is 20.3. The number of fused-ring (bicyclic) bond motifs is 6. The Bertz CT molecular complexity index is 1690. The Morgan fingerprint density at radius 3 is 2.39 bits per heavy atom. The number of carbonyl (C=O) groups is 1. The van der Waals surface area contributed by atoms with Crippen molar-refractivity contribution in [2.75, 3.05) is 11.7 Å². The van der Waals surface area contributed by atoms with E-state index in [1.165, 1.54) is 29.1 Å². The number of nitrogens with zero attached hydrogens (tertiary/aromatic N) is 3. The van der Waals surface area contributed by atoms with Gasteiger partial charge in [-0.15, -0.1) is 0 Å². The topological polar surface area (TPSA) is 65.8 Å². The Morgan fingerprint density at radius 1 is 0.868 bits per heavy atom. The molecule has 1 aromatic heterocycles. The minimum absolute atomic E-state index is 0.0858. The van der Waals surface area contributed by atoms with E-state index in [4.69, 9.17) is 0 Å². The van der Waals surface area contributed by atoms with Crippen LogP contribution in [0.2, 0.25) is 0 Å². The minimum Gasteiger partial charge on any atom is -0.502 e. The molecule has 6 nitrogen and oxygen atoms in total. The minimum atomic E-state index is -0.952. The largest absolute Gasteiger partial charge is 0.502 e. The summed E-state index contributed by atoms with van der Waals surface area (Å²) < 4.78 is 30.8. The standard InChI is InChI=1S/C30H23F2N3O3/c31-24-14-20-13-21-12-19-8-4-5-9-22(19)30(21,23(20)15-25(24)32)35-17-33(16-18-6-2-1-3-7-18)29(38)27-28(37)26(36)10-11-34(27)35/h1-11,14-15,21,37H,12-13,16-17H2. The molecule has 2 atom stereocenters. The lowest BCUT2D eigenvalue weighted by Gasteiger charge is -2.50. The fourth-order valence-corrected chi connectivity index (χ4v) is 6.72. The van der Waals surface area contributed by atoms with E-state index in [2.05, 4.69) is 0 Å². The fraction of sp³-hybridized carbons (Fsp3) is 0.200. The van der Waals surface area contributed by atoms with Gasteiger partial charge in [-0.3, -0.25) is 19.3 Å².